The summed E-state index contributed by atoms with van der Waals surface area (Å²) < 4.78 is 9.55. The molecule has 1 aliphatic carbocycles. The first-order chi connectivity index (χ1) is 33.7. The van der Waals surface area contributed by atoms with Crippen LogP contribution in [-0.4, -0.2) is 12.6 Å². The molecule has 0 bridgehead atoms. The fraction of sp³-hybridized carbons (Fsp3) is 0.121. The second-order valence-corrected chi connectivity index (χ2v) is 24.4. The highest BCUT2D eigenvalue weighted by Gasteiger charge is 2.48. The molecule has 12 aromatic rings. The highest BCUT2D eigenvalue weighted by Crippen LogP contribution is 2.48. The minimum absolute atomic E-state index is 0.0363. The second-order valence-electron chi connectivity index (χ2n) is 20.6. The van der Waals surface area contributed by atoms with Crippen LogP contribution in [0, 0.1) is 0 Å². The van der Waals surface area contributed by atoms with Gasteiger partial charge < -0.3 is 8.98 Å². The van der Waals surface area contributed by atoms with Crippen molar-refractivity contribution in [2.24, 2.45) is 0 Å². The van der Waals surface area contributed by atoms with Crippen molar-refractivity contribution < 1.29 is 4.42 Å². The van der Waals surface area contributed by atoms with Gasteiger partial charge in [0.05, 0.1) is 22.1 Å². The van der Waals surface area contributed by atoms with Crippen molar-refractivity contribution in [2.75, 3.05) is 0 Å². The SMILES string of the molecule is CC1(C)CCC(C)(C)c2c1cccc2[Si](c1ccccc1)(c1ccccc1)c1cc(-c2ccccc2)c(-n2c3ccc4ccccc4c3c3c4oc5ccccc5c4ccc32)c(-c2ccccc2)c1. The fourth-order valence-corrected chi connectivity index (χ4v) is 17.7. The largest absolute Gasteiger partial charge is 0.455 e. The molecule has 0 N–H and O–H groups in total. The molecule has 0 spiro atoms. The Balaban J connectivity index is 1.25. The van der Waals surface area contributed by atoms with Gasteiger partial charge in [0.15, 0.2) is 8.07 Å². The van der Waals surface area contributed by atoms with Crippen LogP contribution in [0.1, 0.15) is 51.7 Å². The van der Waals surface area contributed by atoms with Crippen LogP contribution in [-0.2, 0) is 10.8 Å². The van der Waals surface area contributed by atoms with Crippen LogP contribution in [0.15, 0.2) is 229 Å². The summed E-state index contributed by atoms with van der Waals surface area (Å²) in [6.45, 7) is 9.92. The predicted octanol–water partition coefficient (Wildman–Crippen LogP) is 14.9. The van der Waals surface area contributed by atoms with Crippen molar-refractivity contribution in [3.63, 3.8) is 0 Å². The number of nitrogens with zero attached hydrogens (tertiary/aromatic N) is 1. The Morgan fingerprint density at radius 2 is 0.971 bits per heavy atom. The van der Waals surface area contributed by atoms with E-state index in [4.69, 9.17) is 4.42 Å². The summed E-state index contributed by atoms with van der Waals surface area (Å²) in [5.41, 5.74) is 13.0. The first kappa shape index (κ1) is 41.5. The smallest absolute Gasteiger partial charge is 0.179 e. The van der Waals surface area contributed by atoms with E-state index in [9.17, 15) is 0 Å². The van der Waals surface area contributed by atoms with Crippen LogP contribution in [0.25, 0.3) is 82.5 Å². The minimum atomic E-state index is -3.19. The molecular formula is C66H53NOSi. The minimum Gasteiger partial charge on any atom is -0.455 e. The number of para-hydroxylation sites is 1. The summed E-state index contributed by atoms with van der Waals surface area (Å²) in [4.78, 5) is 0. The Morgan fingerprint density at radius 3 is 1.62 bits per heavy atom. The van der Waals surface area contributed by atoms with E-state index in [-0.39, 0.29) is 10.8 Å². The quantitative estimate of drug-likeness (QED) is 0.115. The topological polar surface area (TPSA) is 18.1 Å². The molecule has 0 fully saturated rings. The molecule has 10 aromatic carbocycles. The third kappa shape index (κ3) is 6.23. The Kier molecular flexibility index (Phi) is 9.41. The molecule has 0 unspecified atom stereocenters. The lowest BCUT2D eigenvalue weighted by Gasteiger charge is -2.46. The van der Waals surface area contributed by atoms with E-state index in [0.717, 1.165) is 56.9 Å². The van der Waals surface area contributed by atoms with Crippen molar-refractivity contribution in [1.29, 1.82) is 0 Å². The van der Waals surface area contributed by atoms with Gasteiger partial charge in [-0.15, -0.1) is 0 Å². The molecule has 2 nitrogen and oxygen atoms in total. The summed E-state index contributed by atoms with van der Waals surface area (Å²) in [6.07, 6.45) is 2.28. The van der Waals surface area contributed by atoms with E-state index < -0.39 is 8.07 Å². The summed E-state index contributed by atoms with van der Waals surface area (Å²) in [5, 5.41) is 12.6. The molecule has 69 heavy (non-hydrogen) atoms. The Morgan fingerprint density at radius 1 is 0.435 bits per heavy atom. The van der Waals surface area contributed by atoms with Crippen LogP contribution in [0.2, 0.25) is 0 Å². The zero-order valence-electron chi connectivity index (χ0n) is 39.6. The van der Waals surface area contributed by atoms with Gasteiger partial charge in [-0.1, -0.05) is 228 Å². The standard InChI is InChI=1S/C66H53NOSi/c1-65(2)40-41-66(3,4)62-55(65)33-21-35-59(62)69(47-27-13-7-14-28-47,48-29-15-8-16-30-48)49-42-53(44-22-9-5-10-23-44)63(54(43-49)45-24-11-6-12-25-45)67-56-38-36-46-26-17-18-31-50(46)60(56)61-57(67)39-37-52-51-32-19-20-34-58(51)68-64(52)61/h5-39,42-43H,40-41H2,1-4H3. The van der Waals surface area contributed by atoms with Crippen LogP contribution in [0.3, 0.4) is 0 Å². The summed E-state index contributed by atoms with van der Waals surface area (Å²) in [5.74, 6) is 0. The number of benzene rings is 10. The number of furan rings is 1. The summed E-state index contributed by atoms with van der Waals surface area (Å²) in [6, 6.07) is 84.5. The molecule has 1 aliphatic rings. The monoisotopic (exact) mass is 903 g/mol. The molecule has 0 atom stereocenters. The number of hydrogen-bond donors (Lipinski definition) is 0. The predicted molar refractivity (Wildman–Crippen MR) is 295 cm³/mol. The van der Waals surface area contributed by atoms with Crippen LogP contribution in [0.5, 0.6) is 0 Å². The van der Waals surface area contributed by atoms with Gasteiger partial charge in [0.1, 0.15) is 11.2 Å². The van der Waals surface area contributed by atoms with Gasteiger partial charge >= 0.3 is 0 Å². The van der Waals surface area contributed by atoms with E-state index in [2.05, 4.69) is 257 Å². The van der Waals surface area contributed by atoms with Crippen LogP contribution < -0.4 is 20.7 Å². The Hall–Kier alpha value is -7.72. The molecule has 3 heteroatoms. The molecule has 0 amide bonds. The zero-order chi connectivity index (χ0) is 46.5. The van der Waals surface area contributed by atoms with Gasteiger partial charge in [-0.05, 0) is 102 Å². The molecule has 2 heterocycles. The first-order valence-electron chi connectivity index (χ1n) is 24.6. The lowest BCUT2D eigenvalue weighted by Crippen LogP contribution is -2.76. The van der Waals surface area contributed by atoms with Gasteiger partial charge in [0.2, 0.25) is 0 Å². The Labute approximate surface area is 405 Å². The number of hydrogen-bond acceptors (Lipinski definition) is 1. The van der Waals surface area contributed by atoms with Gasteiger partial charge in [0, 0.05) is 27.3 Å². The van der Waals surface area contributed by atoms with Crippen molar-refractivity contribution in [3.8, 4) is 27.9 Å². The van der Waals surface area contributed by atoms with Crippen molar-refractivity contribution in [2.45, 2.75) is 51.4 Å². The van der Waals surface area contributed by atoms with Crippen LogP contribution in [0.4, 0.5) is 0 Å². The van der Waals surface area contributed by atoms with Crippen molar-refractivity contribution in [3.05, 3.63) is 236 Å². The molecule has 0 saturated heterocycles. The molecule has 0 saturated carbocycles. The van der Waals surface area contributed by atoms with Gasteiger partial charge in [-0.25, -0.2) is 0 Å². The molecule has 332 valence electrons. The van der Waals surface area contributed by atoms with Crippen molar-refractivity contribution in [1.82, 2.24) is 4.57 Å². The molecule has 13 rings (SSSR count). The van der Waals surface area contributed by atoms with E-state index in [1.165, 1.54) is 70.3 Å². The molecule has 2 aromatic heterocycles. The van der Waals surface area contributed by atoms with E-state index >= 15 is 0 Å². The van der Waals surface area contributed by atoms with E-state index in [1.807, 2.05) is 0 Å². The number of rotatable bonds is 7. The third-order valence-corrected chi connectivity index (χ3v) is 20.5. The van der Waals surface area contributed by atoms with Crippen LogP contribution >= 0.6 is 0 Å². The lowest BCUT2D eigenvalue weighted by molar-refractivity contribution is 0.333. The normalized spacial score (nSPS) is 14.5. The molecule has 0 aliphatic heterocycles. The van der Waals surface area contributed by atoms with E-state index in [1.54, 1.807) is 0 Å². The first-order valence-corrected chi connectivity index (χ1v) is 26.6. The number of fused-ring (bicyclic) bond motifs is 10. The molecule has 0 radical (unpaired) electrons. The average Bonchev–Trinajstić information content (AvgIpc) is 3.95. The van der Waals surface area contributed by atoms with E-state index in [0.29, 0.717) is 0 Å². The fourth-order valence-electron chi connectivity index (χ4n) is 12.4. The average molecular weight is 904 g/mol. The lowest BCUT2D eigenvalue weighted by atomic mass is 9.63. The summed E-state index contributed by atoms with van der Waals surface area (Å²) in [7, 11) is -3.19. The highest BCUT2D eigenvalue weighted by atomic mass is 28.3. The zero-order valence-corrected chi connectivity index (χ0v) is 40.6. The second kappa shape index (κ2) is 15.7. The van der Waals surface area contributed by atoms with Crippen molar-refractivity contribution >= 4 is 83.3 Å². The maximum absolute atomic E-state index is 6.98. The Bertz CT molecular complexity index is 3840. The van der Waals surface area contributed by atoms with Gasteiger partial charge in [-0.3, -0.25) is 0 Å². The molecular weight excluding hydrogens is 851 g/mol. The third-order valence-electron chi connectivity index (χ3n) is 15.8. The maximum atomic E-state index is 6.98. The van der Waals surface area contributed by atoms with Gasteiger partial charge in [-0.2, -0.15) is 0 Å². The highest BCUT2D eigenvalue weighted by molar-refractivity contribution is 7.20. The van der Waals surface area contributed by atoms with Gasteiger partial charge in [0.25, 0.3) is 0 Å². The summed E-state index contributed by atoms with van der Waals surface area (Å²) >= 11 is 0. The number of aromatic nitrogens is 1. The maximum Gasteiger partial charge on any atom is 0.179 e.